The van der Waals surface area contributed by atoms with Crippen LogP contribution in [0.3, 0.4) is 0 Å². The summed E-state index contributed by atoms with van der Waals surface area (Å²) < 4.78 is 4.37. The van der Waals surface area contributed by atoms with E-state index in [9.17, 15) is 0 Å². The number of nitrogens with zero attached hydrogens (tertiary/aromatic N) is 4. The van der Waals surface area contributed by atoms with Gasteiger partial charge in [0.15, 0.2) is 17.4 Å². The molecule has 0 amide bonds. The zero-order valence-corrected chi connectivity index (χ0v) is 22.7. The van der Waals surface area contributed by atoms with Crippen molar-refractivity contribution in [2.45, 2.75) is 95.1 Å². The first kappa shape index (κ1) is 24.8. The van der Waals surface area contributed by atoms with Gasteiger partial charge in [-0.3, -0.25) is 0 Å². The maximum Gasteiger partial charge on any atom is 0.186 e. The van der Waals surface area contributed by atoms with Crippen molar-refractivity contribution in [1.82, 2.24) is 20.4 Å². The molecule has 10 heteroatoms. The SMILES string of the molecule is CC(C)CC(C)(C)Sc1nnc(SSc2nnc(SC(C)(C)CC(C)C)s2)s1. The molecule has 0 aliphatic rings. The van der Waals surface area contributed by atoms with Gasteiger partial charge in [0, 0.05) is 9.49 Å². The van der Waals surface area contributed by atoms with E-state index in [1.807, 2.05) is 23.5 Å². The molecule has 2 aromatic rings. The molecule has 0 N–H and O–H groups in total. The summed E-state index contributed by atoms with van der Waals surface area (Å²) in [5.41, 5.74) is 0. The standard InChI is InChI=1S/C18H30N4S6/c1-11(2)9-17(5,6)25-13-19-21-15(23-13)27-28-16-22-20-14(24-16)26-18(7,8)10-12(3)4/h11-12H,9-10H2,1-8H3. The van der Waals surface area contributed by atoms with Gasteiger partial charge in [0.05, 0.1) is 0 Å². The summed E-state index contributed by atoms with van der Waals surface area (Å²) in [4.78, 5) is 0. The molecule has 0 bridgehead atoms. The number of rotatable bonds is 11. The first-order valence-corrected chi connectivity index (χ1v) is 14.8. The fraction of sp³-hybridized carbons (Fsp3) is 0.778. The van der Waals surface area contributed by atoms with Crippen molar-refractivity contribution in [3.8, 4) is 0 Å². The van der Waals surface area contributed by atoms with E-state index in [1.54, 1.807) is 44.3 Å². The van der Waals surface area contributed by atoms with Gasteiger partial charge in [0.25, 0.3) is 0 Å². The molecular weight excluding hydrogens is 465 g/mol. The van der Waals surface area contributed by atoms with Crippen LogP contribution >= 0.6 is 67.8 Å². The quantitative estimate of drug-likeness (QED) is 0.230. The van der Waals surface area contributed by atoms with Gasteiger partial charge in [-0.2, -0.15) is 0 Å². The van der Waals surface area contributed by atoms with E-state index in [1.165, 1.54) is 0 Å². The summed E-state index contributed by atoms with van der Waals surface area (Å²) in [6.07, 6.45) is 2.32. The van der Waals surface area contributed by atoms with Crippen LogP contribution in [0, 0.1) is 11.8 Å². The van der Waals surface area contributed by atoms with Crippen molar-refractivity contribution >= 4 is 67.8 Å². The first-order chi connectivity index (χ1) is 12.9. The second-order valence-electron chi connectivity index (χ2n) is 8.75. The first-order valence-electron chi connectivity index (χ1n) is 9.34. The van der Waals surface area contributed by atoms with Gasteiger partial charge < -0.3 is 0 Å². The molecule has 0 radical (unpaired) electrons. The number of aromatic nitrogens is 4. The summed E-state index contributed by atoms with van der Waals surface area (Å²) in [5.74, 6) is 1.35. The Kier molecular flexibility index (Phi) is 9.48. The molecule has 0 saturated heterocycles. The second-order valence-corrected chi connectivity index (χ2v) is 17.2. The average Bonchev–Trinajstić information content (AvgIpc) is 3.10. The molecular formula is C18H30N4S6. The van der Waals surface area contributed by atoms with Crippen LogP contribution in [-0.4, -0.2) is 29.9 Å². The molecule has 0 fully saturated rings. The van der Waals surface area contributed by atoms with Crippen molar-refractivity contribution in [2.75, 3.05) is 0 Å². The molecule has 0 spiro atoms. The molecule has 0 aromatic carbocycles. The largest absolute Gasteiger partial charge is 0.186 e. The lowest BCUT2D eigenvalue weighted by atomic mass is 10.0. The van der Waals surface area contributed by atoms with Crippen LogP contribution in [0.4, 0.5) is 0 Å². The Hall–Kier alpha value is 0.520. The second kappa shape index (κ2) is 10.7. The molecule has 0 aliphatic heterocycles. The van der Waals surface area contributed by atoms with E-state index in [2.05, 4.69) is 75.8 Å². The molecule has 28 heavy (non-hydrogen) atoms. The summed E-state index contributed by atoms with van der Waals surface area (Å²) in [5, 5.41) is 17.4. The Morgan fingerprint density at radius 1 is 0.643 bits per heavy atom. The maximum atomic E-state index is 4.36. The van der Waals surface area contributed by atoms with Crippen LogP contribution in [0.1, 0.15) is 68.2 Å². The number of hydrogen-bond acceptors (Lipinski definition) is 10. The normalized spacial score (nSPS) is 13.1. The van der Waals surface area contributed by atoms with Crippen molar-refractivity contribution in [1.29, 1.82) is 0 Å². The van der Waals surface area contributed by atoms with Crippen LogP contribution in [-0.2, 0) is 0 Å². The topological polar surface area (TPSA) is 51.6 Å². The molecule has 4 nitrogen and oxygen atoms in total. The molecule has 2 heterocycles. The highest BCUT2D eigenvalue weighted by Gasteiger charge is 2.24. The highest BCUT2D eigenvalue weighted by Crippen LogP contribution is 2.46. The summed E-state index contributed by atoms with van der Waals surface area (Å²) in [7, 11) is 3.25. The Morgan fingerprint density at radius 3 is 1.29 bits per heavy atom. The summed E-state index contributed by atoms with van der Waals surface area (Å²) in [6.45, 7) is 18.2. The lowest BCUT2D eigenvalue weighted by Crippen LogP contribution is -2.17. The predicted octanol–water partition coefficient (Wildman–Crippen LogP) is 8.02. The highest BCUT2D eigenvalue weighted by molar-refractivity contribution is 8.77. The highest BCUT2D eigenvalue weighted by atomic mass is 33.1. The molecule has 0 aliphatic carbocycles. The van der Waals surface area contributed by atoms with E-state index in [0.29, 0.717) is 11.8 Å². The Balaban J connectivity index is 1.87. The molecule has 158 valence electrons. The minimum atomic E-state index is 0.178. The minimum Gasteiger partial charge on any atom is -0.131 e. The Labute approximate surface area is 194 Å². The summed E-state index contributed by atoms with van der Waals surface area (Å²) in [6, 6.07) is 0. The van der Waals surface area contributed by atoms with Crippen molar-refractivity contribution in [2.24, 2.45) is 11.8 Å². The minimum absolute atomic E-state index is 0.178. The predicted molar refractivity (Wildman–Crippen MR) is 130 cm³/mol. The van der Waals surface area contributed by atoms with Gasteiger partial charge in [0.1, 0.15) is 0 Å². The molecule has 2 rings (SSSR count). The van der Waals surface area contributed by atoms with Gasteiger partial charge in [-0.1, -0.05) is 102 Å². The lowest BCUT2D eigenvalue weighted by molar-refractivity contribution is 0.502. The van der Waals surface area contributed by atoms with Gasteiger partial charge >= 0.3 is 0 Å². The van der Waals surface area contributed by atoms with Crippen LogP contribution in [0.2, 0.25) is 0 Å². The zero-order chi connectivity index (χ0) is 20.9. The van der Waals surface area contributed by atoms with Crippen molar-refractivity contribution in [3.05, 3.63) is 0 Å². The molecule has 0 atom stereocenters. The number of thioether (sulfide) groups is 2. The van der Waals surface area contributed by atoms with E-state index in [0.717, 1.165) is 30.2 Å². The van der Waals surface area contributed by atoms with Gasteiger partial charge in [-0.25, -0.2) is 0 Å². The van der Waals surface area contributed by atoms with Gasteiger partial charge in [-0.15, -0.1) is 20.4 Å². The third kappa shape index (κ3) is 9.12. The number of hydrogen-bond donors (Lipinski definition) is 0. The van der Waals surface area contributed by atoms with Crippen LogP contribution in [0.15, 0.2) is 17.4 Å². The third-order valence-corrected chi connectivity index (χ3v) is 10.8. The smallest absolute Gasteiger partial charge is 0.131 e. The summed E-state index contributed by atoms with van der Waals surface area (Å²) >= 11 is 6.98. The van der Waals surface area contributed by atoms with Gasteiger partial charge in [-0.05, 0) is 46.3 Å². The van der Waals surface area contributed by atoms with E-state index < -0.39 is 0 Å². The lowest BCUT2D eigenvalue weighted by Gasteiger charge is -2.24. The zero-order valence-electron chi connectivity index (χ0n) is 17.8. The van der Waals surface area contributed by atoms with Gasteiger partial charge in [0.2, 0.25) is 0 Å². The van der Waals surface area contributed by atoms with E-state index in [-0.39, 0.29) is 9.49 Å². The fourth-order valence-corrected chi connectivity index (χ4v) is 11.1. The Bertz CT molecular complexity index is 676. The average molecular weight is 495 g/mol. The van der Waals surface area contributed by atoms with Crippen LogP contribution in [0.25, 0.3) is 0 Å². The monoisotopic (exact) mass is 494 g/mol. The van der Waals surface area contributed by atoms with E-state index in [4.69, 9.17) is 0 Å². The maximum absolute atomic E-state index is 4.36. The molecule has 0 saturated carbocycles. The van der Waals surface area contributed by atoms with Crippen molar-refractivity contribution in [3.63, 3.8) is 0 Å². The molecule has 2 aromatic heterocycles. The Morgan fingerprint density at radius 2 is 0.964 bits per heavy atom. The van der Waals surface area contributed by atoms with Crippen molar-refractivity contribution < 1.29 is 0 Å². The fourth-order valence-electron chi connectivity index (χ4n) is 3.14. The van der Waals surface area contributed by atoms with E-state index >= 15 is 0 Å². The van der Waals surface area contributed by atoms with Crippen LogP contribution < -0.4 is 0 Å². The molecule has 0 unspecified atom stereocenters. The third-order valence-electron chi connectivity index (χ3n) is 3.49. The van der Waals surface area contributed by atoms with Crippen LogP contribution in [0.5, 0.6) is 0 Å².